The number of nitrogens with zero attached hydrogens (tertiary/aromatic N) is 1. The first-order chi connectivity index (χ1) is 5.11. The van der Waals surface area contributed by atoms with Gasteiger partial charge in [-0.25, -0.2) is 0 Å². The van der Waals surface area contributed by atoms with Crippen molar-refractivity contribution in [3.05, 3.63) is 28.0 Å². The van der Waals surface area contributed by atoms with Gasteiger partial charge in [-0.2, -0.15) is 0 Å². The number of hydrogen-bond donors (Lipinski definition) is 1. The molecule has 0 aliphatic carbocycles. The molecule has 0 aromatic carbocycles. The Morgan fingerprint density at radius 3 is 2.64 bits per heavy atom. The highest BCUT2D eigenvalue weighted by Crippen LogP contribution is 2.16. The fraction of sp³-hybridized carbons (Fsp3) is 0.375. The molecule has 0 radical (unpaired) electrons. The lowest BCUT2D eigenvalue weighted by Crippen LogP contribution is -2.07. The summed E-state index contributed by atoms with van der Waals surface area (Å²) in [6, 6.07) is 3.92. The maximum Gasteiger partial charge on any atom is 0.0572 e. The number of nitrogens with two attached hydrogens (primary N) is 1. The van der Waals surface area contributed by atoms with E-state index >= 15 is 0 Å². The first-order valence-corrected chi connectivity index (χ1v) is 4.29. The lowest BCUT2D eigenvalue weighted by Gasteiger charge is -2.05. The molecule has 3 heteroatoms. The SMILES string of the molecule is Cc1nc([C@H](C)N)ccc1Br. The summed E-state index contributed by atoms with van der Waals surface area (Å²) in [4.78, 5) is 4.30. The number of aryl methyl sites for hydroxylation is 1. The van der Waals surface area contributed by atoms with Gasteiger partial charge < -0.3 is 5.73 Å². The van der Waals surface area contributed by atoms with E-state index in [1.807, 2.05) is 26.0 Å². The second-order valence-electron chi connectivity index (χ2n) is 2.59. The Kier molecular flexibility index (Phi) is 2.62. The summed E-state index contributed by atoms with van der Waals surface area (Å²) in [6.07, 6.45) is 0. The van der Waals surface area contributed by atoms with Gasteiger partial charge in [-0.1, -0.05) is 0 Å². The van der Waals surface area contributed by atoms with E-state index in [1.54, 1.807) is 0 Å². The van der Waals surface area contributed by atoms with Gasteiger partial charge in [-0.3, -0.25) is 4.98 Å². The monoisotopic (exact) mass is 214 g/mol. The van der Waals surface area contributed by atoms with Crippen LogP contribution in [0.4, 0.5) is 0 Å². The zero-order valence-electron chi connectivity index (χ0n) is 6.63. The molecule has 0 unspecified atom stereocenters. The fourth-order valence-electron chi connectivity index (χ4n) is 0.817. The summed E-state index contributed by atoms with van der Waals surface area (Å²) in [5, 5.41) is 0. The average Bonchev–Trinajstić information content (AvgIpc) is 1.94. The third kappa shape index (κ3) is 2.01. The minimum Gasteiger partial charge on any atom is -0.323 e. The molecule has 11 heavy (non-hydrogen) atoms. The highest BCUT2D eigenvalue weighted by atomic mass is 79.9. The van der Waals surface area contributed by atoms with Crippen LogP contribution in [-0.2, 0) is 0 Å². The molecule has 1 aromatic rings. The van der Waals surface area contributed by atoms with Crippen LogP contribution >= 0.6 is 15.9 Å². The van der Waals surface area contributed by atoms with Crippen LogP contribution in [0.25, 0.3) is 0 Å². The Morgan fingerprint density at radius 2 is 2.18 bits per heavy atom. The first kappa shape index (κ1) is 8.68. The van der Waals surface area contributed by atoms with E-state index < -0.39 is 0 Å². The van der Waals surface area contributed by atoms with Crippen molar-refractivity contribution in [2.45, 2.75) is 19.9 Å². The van der Waals surface area contributed by atoms with Crippen LogP contribution in [0.15, 0.2) is 16.6 Å². The maximum absolute atomic E-state index is 5.65. The molecule has 0 aliphatic rings. The first-order valence-electron chi connectivity index (χ1n) is 3.50. The molecule has 1 heterocycles. The van der Waals surface area contributed by atoms with Crippen molar-refractivity contribution in [3.63, 3.8) is 0 Å². The molecule has 0 aliphatic heterocycles. The van der Waals surface area contributed by atoms with Crippen LogP contribution in [0.1, 0.15) is 24.4 Å². The van der Waals surface area contributed by atoms with Crippen molar-refractivity contribution >= 4 is 15.9 Å². The molecule has 0 saturated heterocycles. The molecular formula is C8H11BrN2. The van der Waals surface area contributed by atoms with Crippen molar-refractivity contribution in [3.8, 4) is 0 Å². The molecule has 0 fully saturated rings. The Labute approximate surface area is 75.0 Å². The van der Waals surface area contributed by atoms with Gasteiger partial charge in [0.05, 0.1) is 11.4 Å². The van der Waals surface area contributed by atoms with Gasteiger partial charge in [0.1, 0.15) is 0 Å². The number of pyridine rings is 1. The second kappa shape index (κ2) is 3.32. The summed E-state index contributed by atoms with van der Waals surface area (Å²) < 4.78 is 1.03. The summed E-state index contributed by atoms with van der Waals surface area (Å²) in [5.41, 5.74) is 7.58. The zero-order valence-corrected chi connectivity index (χ0v) is 8.22. The van der Waals surface area contributed by atoms with Crippen molar-refractivity contribution in [1.29, 1.82) is 0 Å². The standard InChI is InChI=1S/C8H11BrN2/c1-5(10)8-4-3-7(9)6(2)11-8/h3-5H,10H2,1-2H3/t5-/m0/s1. The molecule has 1 atom stereocenters. The Hall–Kier alpha value is -0.410. The molecule has 0 spiro atoms. The third-order valence-corrected chi connectivity index (χ3v) is 2.35. The molecule has 2 N–H and O–H groups in total. The van der Waals surface area contributed by atoms with Crippen LogP contribution in [0.5, 0.6) is 0 Å². The van der Waals surface area contributed by atoms with Gasteiger partial charge in [0.2, 0.25) is 0 Å². The van der Waals surface area contributed by atoms with Gasteiger partial charge in [0.25, 0.3) is 0 Å². The van der Waals surface area contributed by atoms with E-state index in [1.165, 1.54) is 0 Å². The smallest absolute Gasteiger partial charge is 0.0572 e. The second-order valence-corrected chi connectivity index (χ2v) is 3.45. The lowest BCUT2D eigenvalue weighted by molar-refractivity contribution is 0.774. The fourth-order valence-corrected chi connectivity index (χ4v) is 1.04. The molecular weight excluding hydrogens is 204 g/mol. The van der Waals surface area contributed by atoms with Crippen LogP contribution in [-0.4, -0.2) is 4.98 Å². The van der Waals surface area contributed by atoms with Crippen molar-refractivity contribution in [2.24, 2.45) is 5.73 Å². The highest BCUT2D eigenvalue weighted by molar-refractivity contribution is 9.10. The van der Waals surface area contributed by atoms with Gasteiger partial charge in [-0.15, -0.1) is 0 Å². The zero-order chi connectivity index (χ0) is 8.43. The molecule has 0 amide bonds. The van der Waals surface area contributed by atoms with Gasteiger partial charge in [0.15, 0.2) is 0 Å². The normalized spacial score (nSPS) is 13.1. The quantitative estimate of drug-likeness (QED) is 0.779. The topological polar surface area (TPSA) is 38.9 Å². The summed E-state index contributed by atoms with van der Waals surface area (Å²) >= 11 is 3.38. The average molecular weight is 215 g/mol. The Bertz CT molecular complexity index is 258. The van der Waals surface area contributed by atoms with E-state index in [2.05, 4.69) is 20.9 Å². The minimum absolute atomic E-state index is 0.0156. The predicted octanol–water partition coefficient (Wildman–Crippen LogP) is 2.17. The summed E-state index contributed by atoms with van der Waals surface area (Å²) in [6.45, 7) is 3.88. The van der Waals surface area contributed by atoms with Crippen molar-refractivity contribution in [1.82, 2.24) is 4.98 Å². The van der Waals surface area contributed by atoms with Gasteiger partial charge >= 0.3 is 0 Å². The third-order valence-electron chi connectivity index (χ3n) is 1.51. The van der Waals surface area contributed by atoms with E-state index in [9.17, 15) is 0 Å². The highest BCUT2D eigenvalue weighted by Gasteiger charge is 2.02. The van der Waals surface area contributed by atoms with Crippen molar-refractivity contribution < 1.29 is 0 Å². The lowest BCUT2D eigenvalue weighted by atomic mass is 10.2. The summed E-state index contributed by atoms with van der Waals surface area (Å²) in [7, 11) is 0. The van der Waals surface area contributed by atoms with Crippen molar-refractivity contribution in [2.75, 3.05) is 0 Å². The van der Waals surface area contributed by atoms with E-state index in [0.717, 1.165) is 15.9 Å². The van der Waals surface area contributed by atoms with Gasteiger partial charge in [0, 0.05) is 10.5 Å². The van der Waals surface area contributed by atoms with Crippen LogP contribution in [0, 0.1) is 6.92 Å². The van der Waals surface area contributed by atoms with Gasteiger partial charge in [-0.05, 0) is 41.9 Å². The summed E-state index contributed by atoms with van der Waals surface area (Å²) in [5.74, 6) is 0. The predicted molar refractivity (Wildman–Crippen MR) is 49.3 cm³/mol. The number of hydrogen-bond acceptors (Lipinski definition) is 2. The molecule has 2 nitrogen and oxygen atoms in total. The Balaban J connectivity index is 3.05. The van der Waals surface area contributed by atoms with E-state index in [4.69, 9.17) is 5.73 Å². The Morgan fingerprint density at radius 1 is 1.55 bits per heavy atom. The van der Waals surface area contributed by atoms with Crippen LogP contribution in [0.3, 0.4) is 0 Å². The number of halogens is 1. The molecule has 0 bridgehead atoms. The molecule has 0 saturated carbocycles. The molecule has 1 aromatic heterocycles. The maximum atomic E-state index is 5.65. The largest absolute Gasteiger partial charge is 0.323 e. The molecule has 60 valence electrons. The van der Waals surface area contributed by atoms with E-state index in [-0.39, 0.29) is 6.04 Å². The van der Waals surface area contributed by atoms with Crippen LogP contribution in [0.2, 0.25) is 0 Å². The number of rotatable bonds is 1. The molecule has 1 rings (SSSR count). The van der Waals surface area contributed by atoms with E-state index in [0.29, 0.717) is 0 Å². The minimum atomic E-state index is 0.0156. The van der Waals surface area contributed by atoms with Crippen LogP contribution < -0.4 is 5.73 Å². The number of aromatic nitrogens is 1.